The highest BCUT2D eigenvalue weighted by Gasteiger charge is 2.32. The number of anilines is 2. The highest BCUT2D eigenvalue weighted by atomic mass is 35.5. The molecule has 0 saturated carbocycles. The van der Waals surface area contributed by atoms with Crippen LogP contribution in [0.3, 0.4) is 0 Å². The van der Waals surface area contributed by atoms with Crippen molar-refractivity contribution in [3.63, 3.8) is 0 Å². The van der Waals surface area contributed by atoms with Crippen molar-refractivity contribution < 1.29 is 13.2 Å². The van der Waals surface area contributed by atoms with Crippen LogP contribution in [0, 0.1) is 6.92 Å². The zero-order valence-corrected chi connectivity index (χ0v) is 21.1. The number of amidine groups is 1. The molecule has 0 aliphatic carbocycles. The Morgan fingerprint density at radius 3 is 2.30 bits per heavy atom. The minimum atomic E-state index is -3.94. The van der Waals surface area contributed by atoms with Crippen molar-refractivity contribution in [1.29, 1.82) is 0 Å². The first kappa shape index (κ1) is 24.4. The van der Waals surface area contributed by atoms with Crippen molar-refractivity contribution in [2.45, 2.75) is 11.8 Å². The number of carbonyl (C=O) groups excluding carboxylic acids is 1. The molecule has 184 valence electrons. The van der Waals surface area contributed by atoms with Gasteiger partial charge in [0.1, 0.15) is 11.5 Å². The number of halogens is 1. The summed E-state index contributed by atoms with van der Waals surface area (Å²) in [5.41, 5.74) is 2.86. The lowest BCUT2D eigenvalue weighted by molar-refractivity contribution is -0.113. The van der Waals surface area contributed by atoms with Gasteiger partial charge in [0, 0.05) is 22.5 Å². The van der Waals surface area contributed by atoms with Gasteiger partial charge in [0.05, 0.1) is 10.6 Å². The lowest BCUT2D eigenvalue weighted by Gasteiger charge is -2.19. The van der Waals surface area contributed by atoms with Gasteiger partial charge in [-0.05, 0) is 61.0 Å². The monoisotopic (exact) mass is 529 g/mol. The largest absolute Gasteiger partial charge is 0.282 e. The van der Waals surface area contributed by atoms with E-state index in [1.54, 1.807) is 55.5 Å². The molecule has 0 bridgehead atoms. The molecule has 37 heavy (non-hydrogen) atoms. The normalized spacial score (nSPS) is 14.6. The molecule has 4 aromatic rings. The number of nitrogens with one attached hydrogen (secondary N) is 1. The average Bonchev–Trinajstić information content (AvgIpc) is 3.21. The second-order valence-electron chi connectivity index (χ2n) is 8.14. The molecule has 2 heterocycles. The molecule has 3 aromatic carbocycles. The van der Waals surface area contributed by atoms with Gasteiger partial charge in [0.15, 0.2) is 0 Å². The highest BCUT2D eigenvalue weighted by Crippen LogP contribution is 2.29. The third-order valence-electron chi connectivity index (χ3n) is 5.49. The molecule has 1 N–H and O–H groups in total. The molecule has 0 unspecified atom stereocenters. The Labute approximate surface area is 219 Å². The molecule has 1 aromatic heterocycles. The zero-order valence-electron chi connectivity index (χ0n) is 19.5. The molecule has 1 amide bonds. The quantitative estimate of drug-likeness (QED) is 0.351. The van der Waals surface area contributed by atoms with Crippen LogP contribution in [0.2, 0.25) is 5.02 Å². The SMILES string of the molecule is Cc1ccnc(NS(=O)(=O)c2ccc(N3C(=O)/C(=C\c4ccc(Cl)cc4)N=C3c3ccccc3)cc2)n1. The average molecular weight is 530 g/mol. The second kappa shape index (κ2) is 9.96. The predicted molar refractivity (Wildman–Crippen MR) is 144 cm³/mol. The maximum Gasteiger partial charge on any atom is 0.282 e. The van der Waals surface area contributed by atoms with E-state index in [0.717, 1.165) is 11.1 Å². The maximum atomic E-state index is 13.5. The Hall–Kier alpha value is -4.34. The Morgan fingerprint density at radius 2 is 1.62 bits per heavy atom. The van der Waals surface area contributed by atoms with Gasteiger partial charge in [-0.25, -0.2) is 28.1 Å². The molecule has 0 atom stereocenters. The van der Waals surface area contributed by atoms with Crippen LogP contribution in [0.1, 0.15) is 16.8 Å². The lowest BCUT2D eigenvalue weighted by Crippen LogP contribution is -2.32. The summed E-state index contributed by atoms with van der Waals surface area (Å²) in [4.78, 5) is 27.6. The van der Waals surface area contributed by atoms with Crippen LogP contribution < -0.4 is 9.62 Å². The van der Waals surface area contributed by atoms with E-state index < -0.39 is 10.0 Å². The Morgan fingerprint density at radius 1 is 0.919 bits per heavy atom. The molecule has 8 nitrogen and oxygen atoms in total. The van der Waals surface area contributed by atoms with Crippen molar-refractivity contribution in [2.24, 2.45) is 4.99 Å². The van der Waals surface area contributed by atoms with E-state index >= 15 is 0 Å². The van der Waals surface area contributed by atoms with Crippen molar-refractivity contribution in [2.75, 3.05) is 9.62 Å². The number of hydrogen-bond acceptors (Lipinski definition) is 6. The summed E-state index contributed by atoms with van der Waals surface area (Å²) in [5.74, 6) is 0.0812. The minimum absolute atomic E-state index is 0.00290. The van der Waals surface area contributed by atoms with Gasteiger partial charge in [0.25, 0.3) is 15.9 Å². The third-order valence-corrected chi connectivity index (χ3v) is 7.09. The highest BCUT2D eigenvalue weighted by molar-refractivity contribution is 7.92. The van der Waals surface area contributed by atoms with E-state index in [2.05, 4.69) is 19.7 Å². The number of sulfonamides is 1. The summed E-state index contributed by atoms with van der Waals surface area (Å²) in [5, 5.41) is 0.591. The number of nitrogens with zero attached hydrogens (tertiary/aromatic N) is 4. The van der Waals surface area contributed by atoms with E-state index in [9.17, 15) is 13.2 Å². The molecule has 0 fully saturated rings. The number of aliphatic imine (C=N–C) groups is 1. The van der Waals surface area contributed by atoms with E-state index in [1.807, 2.05) is 30.3 Å². The molecule has 0 radical (unpaired) electrons. The fourth-order valence-corrected chi connectivity index (χ4v) is 4.78. The predicted octanol–water partition coefficient (Wildman–Crippen LogP) is 5.07. The minimum Gasteiger partial charge on any atom is -0.266 e. The number of aryl methyl sites for hydroxylation is 1. The summed E-state index contributed by atoms with van der Waals surface area (Å²) in [7, 11) is -3.94. The number of benzene rings is 3. The smallest absolute Gasteiger partial charge is 0.266 e. The summed E-state index contributed by atoms with van der Waals surface area (Å²) in [6.45, 7) is 1.74. The molecule has 0 spiro atoms. The number of carbonyl (C=O) groups is 1. The van der Waals surface area contributed by atoms with Gasteiger partial charge in [-0.2, -0.15) is 0 Å². The standard InChI is InChI=1S/C27H20ClN5O3S/c1-18-15-16-29-27(30-18)32-37(35,36)23-13-11-22(12-14-23)33-25(20-5-3-2-4-6-20)31-24(26(33)34)17-19-7-9-21(28)10-8-19/h2-17H,1H3,(H,29,30,32)/b24-17+. The van der Waals surface area contributed by atoms with Gasteiger partial charge in [0.2, 0.25) is 5.95 Å². The van der Waals surface area contributed by atoms with Crippen LogP contribution in [0.5, 0.6) is 0 Å². The first-order chi connectivity index (χ1) is 17.8. The number of amides is 1. The number of aromatic nitrogens is 2. The van der Waals surface area contributed by atoms with E-state index in [-0.39, 0.29) is 22.4 Å². The van der Waals surface area contributed by atoms with Crippen molar-refractivity contribution in [3.05, 3.63) is 119 Å². The van der Waals surface area contributed by atoms with Gasteiger partial charge in [-0.3, -0.25) is 9.69 Å². The Balaban J connectivity index is 1.48. The molecule has 1 aliphatic heterocycles. The van der Waals surface area contributed by atoms with Crippen molar-refractivity contribution in [3.8, 4) is 0 Å². The summed E-state index contributed by atoms with van der Waals surface area (Å²) in [6, 6.07) is 24.0. The van der Waals surface area contributed by atoms with Gasteiger partial charge in [-0.1, -0.05) is 54.1 Å². The first-order valence-corrected chi connectivity index (χ1v) is 13.0. The second-order valence-corrected chi connectivity index (χ2v) is 10.3. The van der Waals surface area contributed by atoms with Crippen LogP contribution in [0.15, 0.2) is 107 Å². The van der Waals surface area contributed by atoms with Gasteiger partial charge >= 0.3 is 0 Å². The summed E-state index contributed by atoms with van der Waals surface area (Å²) < 4.78 is 28.1. The third kappa shape index (κ3) is 5.28. The van der Waals surface area contributed by atoms with Crippen LogP contribution in [0.4, 0.5) is 11.6 Å². The maximum absolute atomic E-state index is 13.5. The van der Waals surface area contributed by atoms with E-state index in [4.69, 9.17) is 11.6 Å². The van der Waals surface area contributed by atoms with E-state index in [1.165, 1.54) is 23.2 Å². The molecular formula is C27H20ClN5O3S. The number of hydrogen-bond donors (Lipinski definition) is 1. The molecule has 10 heteroatoms. The molecule has 0 saturated heterocycles. The first-order valence-electron chi connectivity index (χ1n) is 11.2. The van der Waals surface area contributed by atoms with Crippen LogP contribution in [-0.2, 0) is 14.8 Å². The van der Waals surface area contributed by atoms with Gasteiger partial charge in [-0.15, -0.1) is 0 Å². The van der Waals surface area contributed by atoms with Gasteiger partial charge < -0.3 is 0 Å². The Bertz CT molecular complexity index is 1640. The topological polar surface area (TPSA) is 105 Å². The molecule has 5 rings (SSSR count). The molecule has 1 aliphatic rings. The van der Waals surface area contributed by atoms with Crippen LogP contribution in [-0.4, -0.2) is 30.1 Å². The summed E-state index contributed by atoms with van der Waals surface area (Å²) >= 11 is 5.98. The Kier molecular flexibility index (Phi) is 6.56. The van der Waals surface area contributed by atoms with E-state index in [0.29, 0.717) is 22.2 Å². The fraction of sp³-hybridized carbons (Fsp3) is 0.0370. The zero-order chi connectivity index (χ0) is 26.0. The van der Waals surface area contributed by atoms with Crippen LogP contribution >= 0.6 is 11.6 Å². The van der Waals surface area contributed by atoms with Crippen LogP contribution in [0.25, 0.3) is 6.08 Å². The fourth-order valence-electron chi connectivity index (χ4n) is 3.71. The summed E-state index contributed by atoms with van der Waals surface area (Å²) in [6.07, 6.45) is 3.16. The number of rotatable bonds is 6. The van der Waals surface area contributed by atoms with Crippen molar-refractivity contribution >= 4 is 51.1 Å². The molecular weight excluding hydrogens is 510 g/mol. The lowest BCUT2D eigenvalue weighted by atomic mass is 10.1. The van der Waals surface area contributed by atoms with Crippen molar-refractivity contribution in [1.82, 2.24) is 9.97 Å².